The number of nitrogens with two attached hydrogens (primary N) is 1. The molecule has 2 aromatic rings. The number of carbonyl (C=O) groups is 1. The van der Waals surface area contributed by atoms with Crippen LogP contribution in [0.3, 0.4) is 0 Å². The number of hydrogen-bond acceptors (Lipinski definition) is 3. The van der Waals surface area contributed by atoms with Crippen LogP contribution in [0.4, 0.5) is 4.39 Å². The van der Waals surface area contributed by atoms with Crippen LogP contribution in [0.1, 0.15) is 5.56 Å². The van der Waals surface area contributed by atoms with Crippen LogP contribution < -0.4 is 5.73 Å². The molecule has 1 amide bonds. The average Bonchev–Trinajstić information content (AvgIpc) is 2.45. The van der Waals surface area contributed by atoms with Crippen LogP contribution in [0.5, 0.6) is 0 Å². The lowest BCUT2D eigenvalue weighted by Crippen LogP contribution is -2.12. The van der Waals surface area contributed by atoms with Crippen molar-refractivity contribution < 1.29 is 17.6 Å². The van der Waals surface area contributed by atoms with Crippen molar-refractivity contribution >= 4 is 21.3 Å². The summed E-state index contributed by atoms with van der Waals surface area (Å²) in [5, 5.41) is 0. The predicted octanol–water partition coefficient (Wildman–Crippen LogP) is 2.39. The molecule has 0 atom stereocenters. The van der Waals surface area contributed by atoms with Crippen molar-refractivity contribution in [3.8, 4) is 11.1 Å². The van der Waals surface area contributed by atoms with Gasteiger partial charge in [-0.15, -0.1) is 0 Å². The Morgan fingerprint density at radius 1 is 1.14 bits per heavy atom. The molecule has 0 aromatic heterocycles. The van der Waals surface area contributed by atoms with Crippen molar-refractivity contribution in [3.63, 3.8) is 0 Å². The molecule has 0 saturated heterocycles. The zero-order valence-electron chi connectivity index (χ0n) is 11.8. The van der Waals surface area contributed by atoms with Crippen molar-refractivity contribution in [1.29, 1.82) is 0 Å². The number of hydrogen-bond donors (Lipinski definition) is 1. The Labute approximate surface area is 128 Å². The molecule has 2 aromatic carbocycles. The molecule has 0 unspecified atom stereocenters. The molecule has 0 fully saturated rings. The number of halogens is 1. The maximum absolute atomic E-state index is 14.3. The second kappa shape index (κ2) is 5.73. The fourth-order valence-corrected chi connectivity index (χ4v) is 2.98. The first-order valence-electron chi connectivity index (χ1n) is 6.30. The lowest BCUT2D eigenvalue weighted by molar-refractivity contribution is -0.112. The number of carbonyl (C=O) groups excluding carboxylic acids is 1. The van der Waals surface area contributed by atoms with E-state index in [2.05, 4.69) is 6.58 Å². The van der Waals surface area contributed by atoms with Crippen molar-refractivity contribution in [2.24, 2.45) is 5.73 Å². The Balaban J connectivity index is 2.61. The molecular formula is C16H14FNO3S. The van der Waals surface area contributed by atoms with Crippen LogP contribution >= 0.6 is 0 Å². The Bertz CT molecular complexity index is 873. The third kappa shape index (κ3) is 3.07. The van der Waals surface area contributed by atoms with Gasteiger partial charge in [0.15, 0.2) is 9.84 Å². The summed E-state index contributed by atoms with van der Waals surface area (Å²) in [7, 11) is -3.50. The summed E-state index contributed by atoms with van der Waals surface area (Å²) in [6.45, 7) is 3.49. The van der Waals surface area contributed by atoms with Crippen molar-refractivity contribution in [1.82, 2.24) is 0 Å². The van der Waals surface area contributed by atoms with E-state index in [1.54, 1.807) is 12.1 Å². The third-order valence-electron chi connectivity index (χ3n) is 3.19. The van der Waals surface area contributed by atoms with E-state index in [1.165, 1.54) is 24.3 Å². The first-order valence-corrected chi connectivity index (χ1v) is 8.19. The highest BCUT2D eigenvalue weighted by Gasteiger charge is 2.17. The van der Waals surface area contributed by atoms with Crippen LogP contribution in [-0.2, 0) is 14.6 Å². The van der Waals surface area contributed by atoms with Gasteiger partial charge in [-0.1, -0.05) is 36.9 Å². The molecule has 0 spiro atoms. The highest BCUT2D eigenvalue weighted by Crippen LogP contribution is 2.30. The van der Waals surface area contributed by atoms with Crippen LogP contribution in [0.15, 0.2) is 53.9 Å². The van der Waals surface area contributed by atoms with Crippen molar-refractivity contribution in [3.05, 3.63) is 60.4 Å². The van der Waals surface area contributed by atoms with Gasteiger partial charge in [0.1, 0.15) is 5.82 Å². The molecule has 2 N–H and O–H groups in total. The Morgan fingerprint density at radius 2 is 1.77 bits per heavy atom. The summed E-state index contributed by atoms with van der Waals surface area (Å²) in [5.74, 6) is -1.40. The molecule has 0 aliphatic carbocycles. The number of amides is 1. The highest BCUT2D eigenvalue weighted by molar-refractivity contribution is 7.90. The molecule has 22 heavy (non-hydrogen) atoms. The van der Waals surface area contributed by atoms with E-state index in [-0.39, 0.29) is 27.2 Å². The largest absolute Gasteiger partial charge is 0.366 e. The Kier molecular flexibility index (Phi) is 4.14. The Hall–Kier alpha value is -2.47. The second-order valence-electron chi connectivity index (χ2n) is 4.81. The average molecular weight is 319 g/mol. The standard InChI is InChI=1S/C16H14FNO3S/c1-10(16(18)19)11-7-8-12(14(17)9-11)13-5-3-4-6-15(13)22(2,20)21/h3-9H,1H2,2H3,(H2,18,19). The van der Waals surface area contributed by atoms with E-state index < -0.39 is 21.6 Å². The molecule has 0 aliphatic heterocycles. The van der Waals surface area contributed by atoms with Gasteiger partial charge in [0.2, 0.25) is 5.91 Å². The van der Waals surface area contributed by atoms with Crippen LogP contribution in [0.25, 0.3) is 16.7 Å². The van der Waals surface area contributed by atoms with E-state index in [4.69, 9.17) is 5.73 Å². The summed E-state index contributed by atoms with van der Waals surface area (Å²) in [5.41, 5.74) is 5.74. The number of sulfone groups is 1. The Morgan fingerprint density at radius 3 is 2.32 bits per heavy atom. The molecule has 0 heterocycles. The third-order valence-corrected chi connectivity index (χ3v) is 4.35. The number of primary amides is 1. The number of rotatable bonds is 4. The summed E-state index contributed by atoms with van der Waals surface area (Å²) in [6, 6.07) is 10.1. The highest BCUT2D eigenvalue weighted by atomic mass is 32.2. The fraction of sp³-hybridized carbons (Fsp3) is 0.0625. The molecule has 114 valence electrons. The lowest BCUT2D eigenvalue weighted by atomic mass is 10.00. The van der Waals surface area contributed by atoms with Gasteiger partial charge in [0.25, 0.3) is 0 Å². The van der Waals surface area contributed by atoms with Crippen LogP contribution in [0.2, 0.25) is 0 Å². The van der Waals surface area contributed by atoms with Gasteiger partial charge < -0.3 is 5.73 Å². The minimum atomic E-state index is -3.50. The monoisotopic (exact) mass is 319 g/mol. The summed E-state index contributed by atoms with van der Waals surface area (Å²) in [4.78, 5) is 11.1. The van der Waals surface area contributed by atoms with Crippen molar-refractivity contribution in [2.75, 3.05) is 6.26 Å². The van der Waals surface area contributed by atoms with Gasteiger partial charge in [0.05, 0.1) is 4.90 Å². The quantitative estimate of drug-likeness (QED) is 0.879. The SMILES string of the molecule is C=C(C(N)=O)c1ccc(-c2ccccc2S(C)(=O)=O)c(F)c1. The molecule has 6 heteroatoms. The van der Waals surface area contributed by atoms with Crippen molar-refractivity contribution in [2.45, 2.75) is 4.90 Å². The fourth-order valence-electron chi connectivity index (χ4n) is 2.08. The summed E-state index contributed by atoms with van der Waals surface area (Å²) in [6.07, 6.45) is 1.06. The normalized spacial score (nSPS) is 11.2. The molecular weight excluding hydrogens is 305 g/mol. The first-order chi connectivity index (χ1) is 10.2. The predicted molar refractivity (Wildman–Crippen MR) is 83.2 cm³/mol. The summed E-state index contributed by atoms with van der Waals surface area (Å²) < 4.78 is 37.9. The maximum atomic E-state index is 14.3. The maximum Gasteiger partial charge on any atom is 0.248 e. The first kappa shape index (κ1) is 15.9. The lowest BCUT2D eigenvalue weighted by Gasteiger charge is -2.10. The van der Waals surface area contributed by atoms with E-state index in [9.17, 15) is 17.6 Å². The van der Waals surface area contributed by atoms with Gasteiger partial charge in [-0.3, -0.25) is 4.79 Å². The second-order valence-corrected chi connectivity index (χ2v) is 6.79. The van der Waals surface area contributed by atoms with Crippen LogP contribution in [0, 0.1) is 5.82 Å². The molecule has 0 aliphatic rings. The molecule has 0 saturated carbocycles. The topological polar surface area (TPSA) is 77.2 Å². The van der Waals surface area contributed by atoms with Gasteiger partial charge in [-0.25, -0.2) is 12.8 Å². The number of benzene rings is 2. The van der Waals surface area contributed by atoms with Gasteiger partial charge in [0, 0.05) is 23.0 Å². The molecule has 0 radical (unpaired) electrons. The van der Waals surface area contributed by atoms with E-state index in [0.29, 0.717) is 0 Å². The van der Waals surface area contributed by atoms with Gasteiger partial charge in [-0.05, 0) is 17.7 Å². The van der Waals surface area contributed by atoms with Crippen LogP contribution in [-0.4, -0.2) is 20.6 Å². The minimum absolute atomic E-state index is 0.0122. The zero-order valence-corrected chi connectivity index (χ0v) is 12.7. The molecule has 0 bridgehead atoms. The molecule has 4 nitrogen and oxygen atoms in total. The zero-order chi connectivity index (χ0) is 16.5. The minimum Gasteiger partial charge on any atom is -0.366 e. The van der Waals surface area contributed by atoms with E-state index in [0.717, 1.165) is 12.3 Å². The summed E-state index contributed by atoms with van der Waals surface area (Å²) >= 11 is 0. The van der Waals surface area contributed by atoms with Gasteiger partial charge in [-0.2, -0.15) is 0 Å². The van der Waals surface area contributed by atoms with E-state index in [1.807, 2.05) is 0 Å². The molecule has 2 rings (SSSR count). The van der Waals surface area contributed by atoms with Gasteiger partial charge >= 0.3 is 0 Å². The smallest absolute Gasteiger partial charge is 0.248 e. The van der Waals surface area contributed by atoms with E-state index >= 15 is 0 Å².